The van der Waals surface area contributed by atoms with Gasteiger partial charge in [0.05, 0.1) is 23.3 Å². The van der Waals surface area contributed by atoms with Crippen LogP contribution in [0.15, 0.2) is 35.1 Å². The van der Waals surface area contributed by atoms with Crippen molar-refractivity contribution in [2.24, 2.45) is 13.0 Å². The van der Waals surface area contributed by atoms with Crippen molar-refractivity contribution in [2.75, 3.05) is 0 Å². The molecule has 2 aromatic heterocycles. The molecule has 0 radical (unpaired) electrons. The van der Waals surface area contributed by atoms with Crippen LogP contribution in [0.1, 0.15) is 23.5 Å². The number of carbonyl (C=O) groups is 1. The Morgan fingerprint density at radius 2 is 2.24 bits per heavy atom. The molecule has 1 aliphatic rings. The summed E-state index contributed by atoms with van der Waals surface area (Å²) in [7, 11) is 1.65. The lowest BCUT2D eigenvalue weighted by Crippen LogP contribution is -2.35. The van der Waals surface area contributed by atoms with Gasteiger partial charge < -0.3 is 10.3 Å². The number of hydrogen-bond acceptors (Lipinski definition) is 4. The van der Waals surface area contributed by atoms with Gasteiger partial charge in [0.25, 0.3) is 5.56 Å². The summed E-state index contributed by atoms with van der Waals surface area (Å²) in [5.41, 5.74) is 3.52. The Labute approximate surface area is 144 Å². The SMILES string of the molecule is Cn1nc2c(cc1=O)CC(C(=O)NCc1nc3ccccc3[nH]1)CC2. The van der Waals surface area contributed by atoms with Crippen LogP contribution < -0.4 is 10.9 Å². The minimum absolute atomic E-state index is 0.00761. The fourth-order valence-electron chi connectivity index (χ4n) is 3.31. The highest BCUT2D eigenvalue weighted by Crippen LogP contribution is 2.23. The van der Waals surface area contributed by atoms with Crippen molar-refractivity contribution in [1.29, 1.82) is 0 Å². The largest absolute Gasteiger partial charge is 0.349 e. The smallest absolute Gasteiger partial charge is 0.266 e. The average molecular weight is 337 g/mol. The molecule has 4 rings (SSSR count). The van der Waals surface area contributed by atoms with Gasteiger partial charge in [-0.3, -0.25) is 9.59 Å². The second kappa shape index (κ2) is 6.16. The van der Waals surface area contributed by atoms with E-state index in [9.17, 15) is 9.59 Å². The maximum Gasteiger partial charge on any atom is 0.266 e. The summed E-state index contributed by atoms with van der Waals surface area (Å²) in [5, 5.41) is 7.23. The lowest BCUT2D eigenvalue weighted by molar-refractivity contribution is -0.125. The zero-order valence-corrected chi connectivity index (χ0v) is 14.0. The van der Waals surface area contributed by atoms with E-state index in [-0.39, 0.29) is 17.4 Å². The summed E-state index contributed by atoms with van der Waals surface area (Å²) in [6, 6.07) is 9.37. The number of carbonyl (C=O) groups excluding carboxylic acids is 1. The Balaban J connectivity index is 1.43. The molecule has 0 saturated heterocycles. The van der Waals surface area contributed by atoms with E-state index in [2.05, 4.69) is 20.4 Å². The monoisotopic (exact) mass is 337 g/mol. The van der Waals surface area contributed by atoms with Crippen LogP contribution in [0.2, 0.25) is 0 Å². The molecular formula is C18H19N5O2. The summed E-state index contributed by atoms with van der Waals surface area (Å²) >= 11 is 0. The van der Waals surface area contributed by atoms with E-state index >= 15 is 0 Å². The first-order chi connectivity index (χ1) is 12.1. The molecule has 0 spiro atoms. The van der Waals surface area contributed by atoms with E-state index in [1.54, 1.807) is 13.1 Å². The van der Waals surface area contributed by atoms with Gasteiger partial charge in [-0.05, 0) is 37.0 Å². The molecule has 0 bridgehead atoms. The Morgan fingerprint density at radius 1 is 1.40 bits per heavy atom. The summed E-state index contributed by atoms with van der Waals surface area (Å²) in [5.74, 6) is 0.596. The van der Waals surface area contributed by atoms with E-state index in [0.29, 0.717) is 19.4 Å². The van der Waals surface area contributed by atoms with Crippen molar-refractivity contribution in [3.8, 4) is 0 Å². The number of rotatable bonds is 3. The number of nitrogens with one attached hydrogen (secondary N) is 2. The van der Waals surface area contributed by atoms with E-state index in [0.717, 1.165) is 34.5 Å². The van der Waals surface area contributed by atoms with Crippen molar-refractivity contribution in [2.45, 2.75) is 25.8 Å². The Morgan fingerprint density at radius 3 is 3.08 bits per heavy atom. The highest BCUT2D eigenvalue weighted by atomic mass is 16.2. The van der Waals surface area contributed by atoms with Crippen molar-refractivity contribution in [3.63, 3.8) is 0 Å². The van der Waals surface area contributed by atoms with Crippen molar-refractivity contribution in [3.05, 3.63) is 57.8 Å². The third-order valence-corrected chi connectivity index (χ3v) is 4.69. The number of H-pyrrole nitrogens is 1. The second-order valence-corrected chi connectivity index (χ2v) is 6.44. The first-order valence-corrected chi connectivity index (χ1v) is 8.37. The van der Waals surface area contributed by atoms with Gasteiger partial charge >= 0.3 is 0 Å². The Hall–Kier alpha value is -2.96. The summed E-state index contributed by atoms with van der Waals surface area (Å²) in [6.07, 6.45) is 2.01. The number of aromatic nitrogens is 4. The van der Waals surface area contributed by atoms with Gasteiger partial charge in [0, 0.05) is 19.0 Å². The zero-order valence-electron chi connectivity index (χ0n) is 14.0. The molecule has 0 fully saturated rings. The van der Waals surface area contributed by atoms with Gasteiger partial charge in [0.1, 0.15) is 5.82 Å². The molecule has 7 heteroatoms. The van der Waals surface area contributed by atoms with E-state index in [4.69, 9.17) is 0 Å². The predicted octanol–water partition coefficient (Wildman–Crippen LogP) is 1.08. The first-order valence-electron chi connectivity index (χ1n) is 8.37. The van der Waals surface area contributed by atoms with Crippen molar-refractivity contribution in [1.82, 2.24) is 25.1 Å². The van der Waals surface area contributed by atoms with E-state index in [1.165, 1.54) is 4.68 Å². The number of benzene rings is 1. The molecule has 1 aromatic carbocycles. The number of para-hydroxylation sites is 2. The number of imidazole rings is 1. The maximum absolute atomic E-state index is 12.5. The topological polar surface area (TPSA) is 92.7 Å². The number of hydrogen-bond donors (Lipinski definition) is 2. The lowest BCUT2D eigenvalue weighted by Gasteiger charge is -2.23. The molecule has 25 heavy (non-hydrogen) atoms. The van der Waals surface area contributed by atoms with Gasteiger partial charge in [0.15, 0.2) is 0 Å². The van der Waals surface area contributed by atoms with Crippen molar-refractivity contribution >= 4 is 16.9 Å². The molecule has 7 nitrogen and oxygen atoms in total. The highest BCUT2D eigenvalue weighted by molar-refractivity contribution is 5.79. The number of aromatic amines is 1. The molecular weight excluding hydrogens is 318 g/mol. The van der Waals surface area contributed by atoms with Crippen LogP contribution in [-0.4, -0.2) is 25.7 Å². The van der Waals surface area contributed by atoms with Gasteiger partial charge in [-0.1, -0.05) is 12.1 Å². The van der Waals surface area contributed by atoms with E-state index < -0.39 is 0 Å². The van der Waals surface area contributed by atoms with Crippen LogP contribution in [0.4, 0.5) is 0 Å². The molecule has 2 heterocycles. The molecule has 0 aliphatic heterocycles. The van der Waals surface area contributed by atoms with E-state index in [1.807, 2.05) is 24.3 Å². The fraction of sp³-hybridized carbons (Fsp3) is 0.333. The highest BCUT2D eigenvalue weighted by Gasteiger charge is 2.26. The average Bonchev–Trinajstić information content (AvgIpc) is 3.03. The third-order valence-electron chi connectivity index (χ3n) is 4.69. The molecule has 1 amide bonds. The van der Waals surface area contributed by atoms with Crippen LogP contribution in [0, 0.1) is 5.92 Å². The van der Waals surface area contributed by atoms with Gasteiger partial charge in [0.2, 0.25) is 5.91 Å². The molecule has 1 aliphatic carbocycles. The minimum Gasteiger partial charge on any atom is -0.349 e. The Kier molecular flexibility index (Phi) is 3.83. The fourth-order valence-corrected chi connectivity index (χ4v) is 3.31. The predicted molar refractivity (Wildman–Crippen MR) is 92.9 cm³/mol. The number of nitrogens with zero attached hydrogens (tertiary/aromatic N) is 3. The molecule has 1 unspecified atom stereocenters. The van der Waals surface area contributed by atoms with Gasteiger partial charge in [-0.25, -0.2) is 9.67 Å². The number of aryl methyl sites for hydroxylation is 2. The van der Waals surface area contributed by atoms with Crippen LogP contribution in [0.3, 0.4) is 0 Å². The zero-order chi connectivity index (χ0) is 17.4. The first kappa shape index (κ1) is 15.6. The molecule has 3 aromatic rings. The molecule has 128 valence electrons. The van der Waals surface area contributed by atoms with Gasteiger partial charge in [-0.15, -0.1) is 0 Å². The molecule has 0 saturated carbocycles. The molecule has 2 N–H and O–H groups in total. The number of amides is 1. The second-order valence-electron chi connectivity index (χ2n) is 6.44. The summed E-state index contributed by atoms with van der Waals surface area (Å²) < 4.78 is 1.35. The lowest BCUT2D eigenvalue weighted by atomic mass is 9.86. The van der Waals surface area contributed by atoms with Crippen LogP contribution in [0.5, 0.6) is 0 Å². The van der Waals surface area contributed by atoms with Crippen LogP contribution in [-0.2, 0) is 31.2 Å². The minimum atomic E-state index is -0.137. The summed E-state index contributed by atoms with van der Waals surface area (Å²) in [6.45, 7) is 0.367. The molecule has 1 atom stereocenters. The maximum atomic E-state index is 12.5. The van der Waals surface area contributed by atoms with Crippen LogP contribution in [0.25, 0.3) is 11.0 Å². The van der Waals surface area contributed by atoms with Gasteiger partial charge in [-0.2, -0.15) is 5.10 Å². The van der Waals surface area contributed by atoms with Crippen LogP contribution >= 0.6 is 0 Å². The third kappa shape index (κ3) is 3.05. The summed E-state index contributed by atoms with van der Waals surface area (Å²) in [4.78, 5) is 31.9. The normalized spacial score (nSPS) is 16.6. The Bertz CT molecular complexity index is 971. The van der Waals surface area contributed by atoms with Crippen molar-refractivity contribution < 1.29 is 4.79 Å². The number of fused-ring (bicyclic) bond motifs is 2. The quantitative estimate of drug-likeness (QED) is 0.748. The standard InChI is InChI=1S/C18H19N5O2/c1-23-17(24)9-12-8-11(6-7-13(12)22-23)18(25)19-10-16-20-14-4-2-3-5-15(14)21-16/h2-5,9,11H,6-8,10H2,1H3,(H,19,25)(H,20,21).